The number of benzene rings is 3. The number of pyridine rings is 2. The number of aromatic nitrogens is 6. The first-order valence-electron chi connectivity index (χ1n) is 12.8. The maximum atomic E-state index is 14.5. The summed E-state index contributed by atoms with van der Waals surface area (Å²) in [5, 5.41) is 12.9. The van der Waals surface area contributed by atoms with Crippen LogP contribution in [0.3, 0.4) is 0 Å². The Labute approximate surface area is 236 Å². The molecular formula is C30H20ClN7O3. The van der Waals surface area contributed by atoms with Gasteiger partial charge in [0.15, 0.2) is 5.43 Å². The van der Waals surface area contributed by atoms with Gasteiger partial charge in [-0.3, -0.25) is 14.2 Å². The van der Waals surface area contributed by atoms with Gasteiger partial charge in [-0.15, -0.1) is 0 Å². The molecule has 0 saturated carbocycles. The van der Waals surface area contributed by atoms with E-state index in [9.17, 15) is 9.59 Å². The Morgan fingerprint density at radius 3 is 2.61 bits per heavy atom. The molecule has 0 aliphatic heterocycles. The molecule has 7 aromatic rings. The van der Waals surface area contributed by atoms with Gasteiger partial charge in [0.05, 0.1) is 22.1 Å². The smallest absolute Gasteiger partial charge is 0.263 e. The van der Waals surface area contributed by atoms with Crippen LogP contribution < -0.4 is 16.3 Å². The van der Waals surface area contributed by atoms with Gasteiger partial charge in [-0.25, -0.2) is 14.6 Å². The minimum Gasteiger partial charge on any atom is -0.361 e. The van der Waals surface area contributed by atoms with Crippen LogP contribution in [0.2, 0.25) is 5.02 Å². The highest BCUT2D eigenvalue weighted by Crippen LogP contribution is 2.37. The standard InChI is InChI=1S/C30H20ClN7O3/c1-16(35-29-25-23(39)12-13-32-28(25)33-15-34-29)27-26(31)20-9-5-8-19(17-10-11-21-22(14-17)37-41-36-21)24(20)30(40)38(27)18-6-3-2-4-7-18/h2-16H,1H3,(H2,32,33,34,35,39)/t16-/m0/s1. The Hall–Kier alpha value is -5.35. The molecular weight excluding hydrogens is 542 g/mol. The maximum absolute atomic E-state index is 14.5. The van der Waals surface area contributed by atoms with E-state index in [1.807, 2.05) is 67.6 Å². The number of H-pyrrole nitrogens is 1. The SMILES string of the molecule is C[C@H](Nc1ncnc2[nH]ccc(=O)c12)c1c(Cl)c2cccc(-c3ccc4nonc4c3)c2c(=O)n1-c1ccccc1. The predicted octanol–water partition coefficient (Wildman–Crippen LogP) is 5.65. The highest BCUT2D eigenvalue weighted by atomic mass is 35.5. The molecule has 4 aromatic heterocycles. The average Bonchev–Trinajstić information content (AvgIpc) is 3.47. The van der Waals surface area contributed by atoms with E-state index in [2.05, 4.69) is 30.6 Å². The van der Waals surface area contributed by atoms with Crippen LogP contribution in [0.25, 0.3) is 49.7 Å². The Balaban J connectivity index is 1.48. The summed E-state index contributed by atoms with van der Waals surface area (Å²) in [6, 6.07) is 21.2. The van der Waals surface area contributed by atoms with Gasteiger partial charge < -0.3 is 10.3 Å². The summed E-state index contributed by atoms with van der Waals surface area (Å²) in [5.74, 6) is 0.329. The van der Waals surface area contributed by atoms with Crippen molar-refractivity contribution >= 4 is 50.3 Å². The molecule has 0 unspecified atom stereocenters. The third-order valence-electron chi connectivity index (χ3n) is 7.07. The van der Waals surface area contributed by atoms with E-state index >= 15 is 0 Å². The normalized spacial score (nSPS) is 12.2. The number of anilines is 1. The number of hydrogen-bond acceptors (Lipinski definition) is 8. The van der Waals surface area contributed by atoms with Crippen molar-refractivity contribution in [2.24, 2.45) is 0 Å². The van der Waals surface area contributed by atoms with Gasteiger partial charge in [0.1, 0.15) is 34.2 Å². The quantitative estimate of drug-likeness (QED) is 0.275. The van der Waals surface area contributed by atoms with Gasteiger partial charge in [0.25, 0.3) is 5.56 Å². The van der Waals surface area contributed by atoms with Gasteiger partial charge in [0, 0.05) is 23.3 Å². The first-order chi connectivity index (χ1) is 20.0. The fraction of sp³-hybridized carbons (Fsp3) is 0.0667. The van der Waals surface area contributed by atoms with Crippen LogP contribution >= 0.6 is 11.6 Å². The van der Waals surface area contributed by atoms with Gasteiger partial charge in [-0.2, -0.15) is 0 Å². The van der Waals surface area contributed by atoms with E-state index < -0.39 is 6.04 Å². The van der Waals surface area contributed by atoms with Crippen molar-refractivity contribution in [1.82, 2.24) is 29.8 Å². The van der Waals surface area contributed by atoms with Crippen molar-refractivity contribution in [3.63, 3.8) is 0 Å². The number of para-hydroxylation sites is 1. The molecule has 11 heteroatoms. The van der Waals surface area contributed by atoms with Crippen molar-refractivity contribution in [3.8, 4) is 16.8 Å². The summed E-state index contributed by atoms with van der Waals surface area (Å²) in [7, 11) is 0. The lowest BCUT2D eigenvalue weighted by atomic mass is 9.97. The van der Waals surface area contributed by atoms with Crippen LogP contribution in [0.4, 0.5) is 5.82 Å². The second-order valence-corrected chi connectivity index (χ2v) is 9.90. The fourth-order valence-corrected chi connectivity index (χ4v) is 5.63. The molecule has 4 heterocycles. The third kappa shape index (κ3) is 4.04. The Kier molecular flexibility index (Phi) is 5.83. The van der Waals surface area contributed by atoms with Crippen LogP contribution in [-0.4, -0.2) is 29.8 Å². The van der Waals surface area contributed by atoms with Gasteiger partial charge in [0.2, 0.25) is 0 Å². The second-order valence-electron chi connectivity index (χ2n) is 9.53. The Bertz CT molecular complexity index is 2220. The summed E-state index contributed by atoms with van der Waals surface area (Å²) >= 11 is 7.18. The molecule has 2 N–H and O–H groups in total. The van der Waals surface area contributed by atoms with Crippen LogP contribution in [-0.2, 0) is 0 Å². The number of fused-ring (bicyclic) bond motifs is 3. The Morgan fingerprint density at radius 2 is 1.76 bits per heavy atom. The van der Waals surface area contributed by atoms with E-state index in [-0.39, 0.29) is 11.0 Å². The number of rotatable bonds is 5. The van der Waals surface area contributed by atoms with Gasteiger partial charge in [-0.1, -0.05) is 54.1 Å². The number of halogens is 1. The highest BCUT2D eigenvalue weighted by molar-refractivity contribution is 6.36. The van der Waals surface area contributed by atoms with Crippen molar-refractivity contribution in [2.45, 2.75) is 13.0 Å². The second kappa shape index (κ2) is 9.68. The van der Waals surface area contributed by atoms with E-state index in [0.717, 1.165) is 5.56 Å². The largest absolute Gasteiger partial charge is 0.361 e. The number of nitrogens with one attached hydrogen (secondary N) is 2. The number of nitrogens with zero attached hydrogens (tertiary/aromatic N) is 5. The molecule has 0 saturated heterocycles. The first-order valence-corrected chi connectivity index (χ1v) is 13.1. The van der Waals surface area contributed by atoms with Crippen LogP contribution in [0, 0.1) is 0 Å². The lowest BCUT2D eigenvalue weighted by Crippen LogP contribution is -2.27. The molecule has 7 rings (SSSR count). The molecule has 0 bridgehead atoms. The zero-order chi connectivity index (χ0) is 28.1. The summed E-state index contributed by atoms with van der Waals surface area (Å²) in [5.41, 5.74) is 3.74. The van der Waals surface area contributed by atoms with E-state index in [4.69, 9.17) is 16.2 Å². The van der Waals surface area contributed by atoms with Crippen LogP contribution in [0.15, 0.2) is 99.5 Å². The zero-order valence-electron chi connectivity index (χ0n) is 21.5. The minimum absolute atomic E-state index is 0.233. The molecule has 200 valence electrons. The zero-order valence-corrected chi connectivity index (χ0v) is 22.3. The monoisotopic (exact) mass is 561 g/mol. The molecule has 10 nitrogen and oxygen atoms in total. The van der Waals surface area contributed by atoms with E-state index in [1.54, 1.807) is 10.6 Å². The summed E-state index contributed by atoms with van der Waals surface area (Å²) < 4.78 is 6.47. The van der Waals surface area contributed by atoms with E-state index in [0.29, 0.717) is 60.6 Å². The fourth-order valence-electron chi connectivity index (χ4n) is 5.22. The maximum Gasteiger partial charge on any atom is 0.263 e. The lowest BCUT2D eigenvalue weighted by molar-refractivity contribution is 0.315. The van der Waals surface area contributed by atoms with Gasteiger partial charge >= 0.3 is 0 Å². The summed E-state index contributed by atoms with van der Waals surface area (Å²) in [6.45, 7) is 1.87. The molecule has 0 radical (unpaired) electrons. The topological polar surface area (TPSA) is 132 Å². The molecule has 0 spiro atoms. The summed E-state index contributed by atoms with van der Waals surface area (Å²) in [4.78, 5) is 38.7. The first kappa shape index (κ1) is 24.7. The summed E-state index contributed by atoms with van der Waals surface area (Å²) in [6.07, 6.45) is 2.90. The van der Waals surface area contributed by atoms with Crippen molar-refractivity contribution in [3.05, 3.63) is 117 Å². The van der Waals surface area contributed by atoms with Crippen molar-refractivity contribution in [1.29, 1.82) is 0 Å². The minimum atomic E-state index is -0.543. The third-order valence-corrected chi connectivity index (χ3v) is 7.47. The molecule has 0 aliphatic rings. The van der Waals surface area contributed by atoms with Crippen LogP contribution in [0.1, 0.15) is 18.7 Å². The molecule has 0 fully saturated rings. The van der Waals surface area contributed by atoms with Crippen LogP contribution in [0.5, 0.6) is 0 Å². The molecule has 3 aromatic carbocycles. The van der Waals surface area contributed by atoms with E-state index in [1.165, 1.54) is 18.6 Å². The lowest BCUT2D eigenvalue weighted by Gasteiger charge is -2.24. The van der Waals surface area contributed by atoms with Crippen molar-refractivity contribution in [2.75, 3.05) is 5.32 Å². The number of aromatic amines is 1. The molecule has 1 atom stereocenters. The molecule has 0 aliphatic carbocycles. The molecule has 41 heavy (non-hydrogen) atoms. The van der Waals surface area contributed by atoms with Gasteiger partial charge in [-0.05, 0) is 52.6 Å². The van der Waals surface area contributed by atoms with Crippen molar-refractivity contribution < 1.29 is 4.63 Å². The highest BCUT2D eigenvalue weighted by Gasteiger charge is 2.24. The Morgan fingerprint density at radius 1 is 0.927 bits per heavy atom. The molecule has 0 amide bonds. The average molecular weight is 562 g/mol. The predicted molar refractivity (Wildman–Crippen MR) is 158 cm³/mol. The number of hydrogen-bond donors (Lipinski definition) is 2.